The summed E-state index contributed by atoms with van der Waals surface area (Å²) < 4.78 is 0. The van der Waals surface area contributed by atoms with Gasteiger partial charge in [-0.2, -0.15) is 0 Å². The fraction of sp³-hybridized carbons (Fsp3) is 0.769. The molecule has 20 heavy (non-hydrogen) atoms. The number of amides is 3. The van der Waals surface area contributed by atoms with Crippen LogP contribution in [-0.2, 0) is 9.59 Å². The minimum Gasteiger partial charge on any atom is -0.481 e. The Bertz CT molecular complexity index is 356. The Hall–Kier alpha value is -1.79. The molecule has 1 fully saturated rings. The van der Waals surface area contributed by atoms with Crippen LogP contribution in [0.3, 0.4) is 0 Å². The molecule has 1 aliphatic rings. The maximum absolute atomic E-state index is 11.4. The number of urea groups is 1. The molecular formula is C13H23N3O4. The second-order valence-corrected chi connectivity index (χ2v) is 5.28. The predicted molar refractivity (Wildman–Crippen MR) is 73.2 cm³/mol. The van der Waals surface area contributed by atoms with Crippen molar-refractivity contribution < 1.29 is 19.5 Å². The lowest BCUT2D eigenvalue weighted by Gasteiger charge is -2.11. The largest absolute Gasteiger partial charge is 0.481 e. The van der Waals surface area contributed by atoms with E-state index in [0.29, 0.717) is 19.0 Å². The fourth-order valence-electron chi connectivity index (χ4n) is 1.68. The minimum atomic E-state index is -0.802. The molecule has 4 N–H and O–H groups in total. The summed E-state index contributed by atoms with van der Waals surface area (Å²) in [6.07, 6.45) is 3.50. The van der Waals surface area contributed by atoms with Crippen LogP contribution in [0.2, 0.25) is 0 Å². The highest BCUT2D eigenvalue weighted by Gasteiger charge is 2.23. The summed E-state index contributed by atoms with van der Waals surface area (Å²) in [7, 11) is 0. The number of hydrogen-bond acceptors (Lipinski definition) is 3. The van der Waals surface area contributed by atoms with Gasteiger partial charge in [-0.15, -0.1) is 0 Å². The molecule has 1 unspecified atom stereocenters. The maximum Gasteiger partial charge on any atom is 0.315 e. The molecule has 1 saturated carbocycles. The molecule has 0 aliphatic heterocycles. The average molecular weight is 285 g/mol. The van der Waals surface area contributed by atoms with Gasteiger partial charge in [0.05, 0.1) is 6.54 Å². The predicted octanol–water partition coefficient (Wildman–Crippen LogP) is 0.455. The van der Waals surface area contributed by atoms with Crippen molar-refractivity contribution in [1.82, 2.24) is 16.0 Å². The van der Waals surface area contributed by atoms with Crippen LogP contribution >= 0.6 is 0 Å². The third-order valence-corrected chi connectivity index (χ3v) is 3.13. The summed E-state index contributed by atoms with van der Waals surface area (Å²) >= 11 is 0. The van der Waals surface area contributed by atoms with Gasteiger partial charge in [-0.05, 0) is 31.6 Å². The Balaban J connectivity index is 1.98. The standard InChI is InChI=1S/C13H23N3O4/c1-9(2-5-12(18)19)6-7-14-13(20)15-8-11(17)16-10-3-4-10/h9-10H,2-8H2,1H3,(H,16,17)(H,18,19)(H2,14,15,20). The second-order valence-electron chi connectivity index (χ2n) is 5.28. The molecule has 0 aromatic rings. The van der Waals surface area contributed by atoms with E-state index in [9.17, 15) is 14.4 Å². The summed E-state index contributed by atoms with van der Waals surface area (Å²) in [5.41, 5.74) is 0. The van der Waals surface area contributed by atoms with E-state index in [2.05, 4.69) is 16.0 Å². The minimum absolute atomic E-state index is 0.0170. The number of nitrogens with one attached hydrogen (secondary N) is 3. The summed E-state index contributed by atoms with van der Waals surface area (Å²) in [5.74, 6) is -0.730. The number of carboxylic acid groups (broad SMARTS) is 1. The highest BCUT2D eigenvalue weighted by Crippen LogP contribution is 2.18. The first-order chi connectivity index (χ1) is 9.47. The molecule has 7 nitrogen and oxygen atoms in total. The number of carbonyl (C=O) groups excluding carboxylic acids is 2. The second kappa shape index (κ2) is 8.39. The van der Waals surface area contributed by atoms with E-state index in [0.717, 1.165) is 19.3 Å². The molecule has 7 heteroatoms. The van der Waals surface area contributed by atoms with Gasteiger partial charge in [-0.25, -0.2) is 4.79 Å². The normalized spacial score (nSPS) is 15.2. The van der Waals surface area contributed by atoms with Crippen molar-refractivity contribution in [1.29, 1.82) is 0 Å². The lowest BCUT2D eigenvalue weighted by Crippen LogP contribution is -2.42. The zero-order valence-electron chi connectivity index (χ0n) is 11.8. The molecule has 0 bridgehead atoms. The first-order valence-corrected chi connectivity index (χ1v) is 7.00. The van der Waals surface area contributed by atoms with Crippen molar-refractivity contribution >= 4 is 17.9 Å². The van der Waals surface area contributed by atoms with Gasteiger partial charge in [-0.1, -0.05) is 6.92 Å². The topological polar surface area (TPSA) is 108 Å². The van der Waals surface area contributed by atoms with Gasteiger partial charge in [0, 0.05) is 19.0 Å². The van der Waals surface area contributed by atoms with E-state index >= 15 is 0 Å². The molecule has 0 radical (unpaired) electrons. The van der Waals surface area contributed by atoms with Crippen LogP contribution in [0, 0.1) is 5.92 Å². The van der Waals surface area contributed by atoms with Gasteiger partial charge in [0.2, 0.25) is 5.91 Å². The zero-order chi connectivity index (χ0) is 15.0. The lowest BCUT2D eigenvalue weighted by molar-refractivity contribution is -0.137. The Morgan fingerprint density at radius 1 is 1.20 bits per heavy atom. The van der Waals surface area contributed by atoms with Crippen LogP contribution in [0.25, 0.3) is 0 Å². The molecule has 114 valence electrons. The summed E-state index contributed by atoms with van der Waals surface area (Å²) in [5, 5.41) is 16.5. The molecule has 0 saturated heterocycles. The highest BCUT2D eigenvalue weighted by molar-refractivity contribution is 5.84. The van der Waals surface area contributed by atoms with Gasteiger partial charge < -0.3 is 21.1 Å². The molecule has 1 atom stereocenters. The summed E-state index contributed by atoms with van der Waals surface area (Å²) in [6.45, 7) is 2.40. The monoisotopic (exact) mass is 285 g/mol. The van der Waals surface area contributed by atoms with Crippen molar-refractivity contribution in [3.05, 3.63) is 0 Å². The van der Waals surface area contributed by atoms with Crippen molar-refractivity contribution in [2.75, 3.05) is 13.1 Å². The molecule has 1 aliphatic carbocycles. The van der Waals surface area contributed by atoms with Crippen LogP contribution in [0.15, 0.2) is 0 Å². The molecule has 0 heterocycles. The van der Waals surface area contributed by atoms with E-state index in [1.807, 2.05) is 6.92 Å². The van der Waals surface area contributed by atoms with Crippen molar-refractivity contribution in [2.45, 2.75) is 45.1 Å². The van der Waals surface area contributed by atoms with Gasteiger partial charge in [0.1, 0.15) is 0 Å². The van der Waals surface area contributed by atoms with Gasteiger partial charge in [0.25, 0.3) is 0 Å². The maximum atomic E-state index is 11.4. The SMILES string of the molecule is CC(CCNC(=O)NCC(=O)NC1CC1)CCC(=O)O. The first-order valence-electron chi connectivity index (χ1n) is 7.00. The molecule has 3 amide bonds. The van der Waals surface area contributed by atoms with Gasteiger partial charge >= 0.3 is 12.0 Å². The highest BCUT2D eigenvalue weighted by atomic mass is 16.4. The Morgan fingerprint density at radius 3 is 2.50 bits per heavy atom. The zero-order valence-corrected chi connectivity index (χ0v) is 11.8. The van der Waals surface area contributed by atoms with Crippen LogP contribution in [0.4, 0.5) is 4.79 Å². The van der Waals surface area contributed by atoms with Crippen molar-refractivity contribution in [3.63, 3.8) is 0 Å². The van der Waals surface area contributed by atoms with E-state index in [1.165, 1.54) is 0 Å². The average Bonchev–Trinajstić information content (AvgIpc) is 3.18. The molecule has 0 aromatic heterocycles. The summed E-state index contributed by atoms with van der Waals surface area (Å²) in [4.78, 5) is 33.1. The Morgan fingerprint density at radius 2 is 1.90 bits per heavy atom. The van der Waals surface area contributed by atoms with Gasteiger partial charge in [0.15, 0.2) is 0 Å². The van der Waals surface area contributed by atoms with E-state index in [-0.39, 0.29) is 30.8 Å². The fourth-order valence-corrected chi connectivity index (χ4v) is 1.68. The Kier molecular flexibility index (Phi) is 6.83. The van der Waals surface area contributed by atoms with Gasteiger partial charge in [-0.3, -0.25) is 9.59 Å². The first kappa shape index (κ1) is 16.3. The quantitative estimate of drug-likeness (QED) is 0.493. The van der Waals surface area contributed by atoms with Crippen molar-refractivity contribution in [3.8, 4) is 0 Å². The van der Waals surface area contributed by atoms with E-state index < -0.39 is 5.97 Å². The van der Waals surface area contributed by atoms with Crippen LogP contribution in [-0.4, -0.2) is 42.1 Å². The molecular weight excluding hydrogens is 262 g/mol. The van der Waals surface area contributed by atoms with Crippen LogP contribution in [0.1, 0.15) is 39.0 Å². The Labute approximate surface area is 118 Å². The van der Waals surface area contributed by atoms with E-state index in [1.54, 1.807) is 0 Å². The van der Waals surface area contributed by atoms with Crippen LogP contribution in [0.5, 0.6) is 0 Å². The van der Waals surface area contributed by atoms with Crippen molar-refractivity contribution in [2.24, 2.45) is 5.92 Å². The summed E-state index contributed by atoms with van der Waals surface area (Å²) in [6, 6.07) is -0.0798. The molecule has 0 aromatic carbocycles. The number of rotatable bonds is 9. The smallest absolute Gasteiger partial charge is 0.315 e. The third-order valence-electron chi connectivity index (χ3n) is 3.13. The van der Waals surface area contributed by atoms with E-state index in [4.69, 9.17) is 5.11 Å². The molecule has 0 spiro atoms. The number of hydrogen-bond donors (Lipinski definition) is 4. The number of carbonyl (C=O) groups is 3. The lowest BCUT2D eigenvalue weighted by atomic mass is 10.0. The number of carboxylic acids is 1. The van der Waals surface area contributed by atoms with Crippen LogP contribution < -0.4 is 16.0 Å². The number of aliphatic carboxylic acids is 1. The third kappa shape index (κ3) is 8.34. The molecule has 1 rings (SSSR count).